The number of hydrogen-bond donors (Lipinski definition) is 0. The standard InChI is InChI=1S/C19H12F6N4O2/c20-18(21,22)16-5-13(3-1-11(16)6-26)29-9-15(31-17(29)19(23,24)25)10-30-14-4-2-12(7-27)28-8-14/h1-5,8,15,17H,9-10H2/t15-,17+/m0/s1. The molecule has 1 fully saturated rings. The molecule has 1 aliphatic rings. The van der Waals surface area contributed by atoms with Crippen molar-refractivity contribution in [1.82, 2.24) is 4.98 Å². The zero-order chi connectivity index (χ0) is 22.8. The zero-order valence-electron chi connectivity index (χ0n) is 15.4. The van der Waals surface area contributed by atoms with Gasteiger partial charge in [-0.1, -0.05) is 0 Å². The van der Waals surface area contributed by atoms with Gasteiger partial charge in [-0.3, -0.25) is 0 Å². The van der Waals surface area contributed by atoms with Gasteiger partial charge in [-0.25, -0.2) is 4.98 Å². The summed E-state index contributed by atoms with van der Waals surface area (Å²) in [6.07, 6.45) is -12.2. The van der Waals surface area contributed by atoms with Crippen LogP contribution in [0.25, 0.3) is 0 Å². The van der Waals surface area contributed by atoms with Crippen molar-refractivity contribution in [3.05, 3.63) is 53.3 Å². The SMILES string of the molecule is N#Cc1ccc(OC[C@@H]2CN(c3ccc(C#N)c(C(F)(F)F)c3)[C@@H](C(F)(F)F)O2)cn1. The van der Waals surface area contributed by atoms with Gasteiger partial charge in [0.2, 0.25) is 6.23 Å². The molecule has 1 aliphatic heterocycles. The summed E-state index contributed by atoms with van der Waals surface area (Å²) >= 11 is 0. The van der Waals surface area contributed by atoms with Crippen molar-refractivity contribution in [3.63, 3.8) is 0 Å². The topological polar surface area (TPSA) is 82.2 Å². The minimum absolute atomic E-state index is 0.120. The fourth-order valence-electron chi connectivity index (χ4n) is 2.96. The van der Waals surface area contributed by atoms with Gasteiger partial charge in [-0.05, 0) is 30.3 Å². The number of anilines is 1. The highest BCUT2D eigenvalue weighted by Crippen LogP contribution is 2.39. The Hall–Kier alpha value is -3.51. The number of hydrogen-bond acceptors (Lipinski definition) is 6. The molecule has 6 nitrogen and oxygen atoms in total. The molecule has 0 spiro atoms. The number of ether oxygens (including phenoxy) is 2. The van der Waals surface area contributed by atoms with Gasteiger partial charge in [0, 0.05) is 5.69 Å². The second-order valence-electron chi connectivity index (χ2n) is 6.45. The molecule has 2 aromatic rings. The number of halogens is 6. The summed E-state index contributed by atoms with van der Waals surface area (Å²) in [7, 11) is 0. The van der Waals surface area contributed by atoms with Crippen molar-refractivity contribution in [1.29, 1.82) is 10.5 Å². The van der Waals surface area contributed by atoms with E-state index in [0.29, 0.717) is 11.0 Å². The molecule has 0 unspecified atom stereocenters. The van der Waals surface area contributed by atoms with Crippen molar-refractivity contribution in [2.75, 3.05) is 18.1 Å². The van der Waals surface area contributed by atoms with Crippen LogP contribution in [0.2, 0.25) is 0 Å². The first-order valence-corrected chi connectivity index (χ1v) is 8.62. The molecule has 2 heterocycles. The van der Waals surface area contributed by atoms with Crippen molar-refractivity contribution < 1.29 is 35.8 Å². The molecule has 1 aromatic heterocycles. The van der Waals surface area contributed by atoms with Gasteiger partial charge < -0.3 is 14.4 Å². The van der Waals surface area contributed by atoms with Gasteiger partial charge in [0.15, 0.2) is 0 Å². The van der Waals surface area contributed by atoms with Gasteiger partial charge in [0.25, 0.3) is 0 Å². The lowest BCUT2D eigenvalue weighted by atomic mass is 10.1. The van der Waals surface area contributed by atoms with E-state index < -0.39 is 48.0 Å². The van der Waals surface area contributed by atoms with E-state index in [-0.39, 0.29) is 18.1 Å². The highest BCUT2D eigenvalue weighted by atomic mass is 19.4. The molecule has 0 bridgehead atoms. The number of alkyl halides is 6. The molecule has 0 radical (unpaired) electrons. The van der Waals surface area contributed by atoms with Crippen molar-refractivity contribution in [2.24, 2.45) is 0 Å². The minimum Gasteiger partial charge on any atom is -0.489 e. The molecule has 0 saturated carbocycles. The second kappa shape index (κ2) is 8.32. The third-order valence-electron chi connectivity index (χ3n) is 4.33. The van der Waals surface area contributed by atoms with Crippen molar-refractivity contribution in [2.45, 2.75) is 24.7 Å². The number of rotatable bonds is 4. The van der Waals surface area contributed by atoms with E-state index in [2.05, 4.69) is 4.98 Å². The lowest BCUT2D eigenvalue weighted by Gasteiger charge is -2.27. The summed E-state index contributed by atoms with van der Waals surface area (Å²) in [6, 6.07) is 8.24. The summed E-state index contributed by atoms with van der Waals surface area (Å²) in [5.41, 5.74) is -2.31. The monoisotopic (exact) mass is 442 g/mol. The fraction of sp³-hybridized carbons (Fsp3) is 0.316. The van der Waals surface area contributed by atoms with Crippen LogP contribution in [-0.4, -0.2) is 36.6 Å². The first kappa shape index (κ1) is 22.2. The quantitative estimate of drug-likeness (QED) is 0.666. The first-order valence-electron chi connectivity index (χ1n) is 8.62. The minimum atomic E-state index is -4.92. The Morgan fingerprint density at radius 3 is 2.39 bits per heavy atom. The zero-order valence-corrected chi connectivity index (χ0v) is 15.4. The third-order valence-corrected chi connectivity index (χ3v) is 4.33. The van der Waals surface area contributed by atoms with E-state index in [1.54, 1.807) is 6.07 Å². The van der Waals surface area contributed by atoms with Gasteiger partial charge in [-0.2, -0.15) is 36.9 Å². The largest absolute Gasteiger partial charge is 0.489 e. The van der Waals surface area contributed by atoms with Crippen LogP contribution >= 0.6 is 0 Å². The summed E-state index contributed by atoms with van der Waals surface area (Å²) in [5, 5.41) is 17.6. The maximum absolute atomic E-state index is 13.5. The van der Waals surface area contributed by atoms with Crippen LogP contribution in [0.4, 0.5) is 32.0 Å². The van der Waals surface area contributed by atoms with Crippen LogP contribution in [0.3, 0.4) is 0 Å². The van der Waals surface area contributed by atoms with E-state index in [9.17, 15) is 26.3 Å². The molecule has 1 saturated heterocycles. The Kier molecular flexibility index (Phi) is 5.95. The average molecular weight is 442 g/mol. The highest BCUT2D eigenvalue weighted by Gasteiger charge is 2.51. The molecular formula is C19H12F6N4O2. The molecule has 162 valence electrons. The molecule has 0 aliphatic carbocycles. The van der Waals surface area contributed by atoms with E-state index in [4.69, 9.17) is 20.0 Å². The summed E-state index contributed by atoms with van der Waals surface area (Å²) < 4.78 is 90.4. The van der Waals surface area contributed by atoms with E-state index in [1.165, 1.54) is 24.4 Å². The van der Waals surface area contributed by atoms with E-state index in [0.717, 1.165) is 12.1 Å². The maximum Gasteiger partial charge on any atom is 0.433 e. The summed E-state index contributed by atoms with van der Waals surface area (Å²) in [6.45, 7) is -0.740. The maximum atomic E-state index is 13.5. The predicted octanol–water partition coefficient (Wildman–Crippen LogP) is 4.02. The summed E-state index contributed by atoms with van der Waals surface area (Å²) in [5.74, 6) is 0.183. The van der Waals surface area contributed by atoms with Gasteiger partial charge >= 0.3 is 12.4 Å². The van der Waals surface area contributed by atoms with Crippen LogP contribution in [0.5, 0.6) is 5.75 Å². The van der Waals surface area contributed by atoms with Crippen LogP contribution in [0.1, 0.15) is 16.8 Å². The lowest BCUT2D eigenvalue weighted by Crippen LogP contribution is -2.42. The Bertz CT molecular complexity index is 1020. The second-order valence-corrected chi connectivity index (χ2v) is 6.45. The van der Waals surface area contributed by atoms with Crippen molar-refractivity contribution >= 4 is 5.69 Å². The van der Waals surface area contributed by atoms with E-state index in [1.807, 2.05) is 0 Å². The number of nitriles is 2. The molecular weight excluding hydrogens is 430 g/mol. The van der Waals surface area contributed by atoms with Gasteiger partial charge in [0.05, 0.1) is 29.9 Å². The lowest BCUT2D eigenvalue weighted by molar-refractivity contribution is -0.215. The molecule has 12 heteroatoms. The Morgan fingerprint density at radius 2 is 1.84 bits per heavy atom. The summed E-state index contributed by atoms with van der Waals surface area (Å²) in [4.78, 5) is 4.40. The third kappa shape index (κ3) is 4.98. The molecule has 0 amide bonds. The first-order chi connectivity index (χ1) is 14.5. The number of nitrogens with zero attached hydrogens (tertiary/aromatic N) is 4. The normalized spacial score (nSPS) is 19.0. The molecule has 31 heavy (non-hydrogen) atoms. The molecule has 2 atom stereocenters. The van der Waals surface area contributed by atoms with Crippen LogP contribution < -0.4 is 9.64 Å². The number of pyridine rings is 1. The number of benzene rings is 1. The van der Waals surface area contributed by atoms with Crippen LogP contribution in [0.15, 0.2) is 36.5 Å². The Balaban J connectivity index is 1.82. The predicted molar refractivity (Wildman–Crippen MR) is 92.7 cm³/mol. The van der Waals surface area contributed by atoms with Gasteiger partial charge in [0.1, 0.15) is 30.2 Å². The average Bonchev–Trinajstić information content (AvgIpc) is 3.16. The Labute approximate surface area is 171 Å². The van der Waals surface area contributed by atoms with Crippen LogP contribution in [-0.2, 0) is 10.9 Å². The molecule has 3 rings (SSSR count). The smallest absolute Gasteiger partial charge is 0.433 e. The highest BCUT2D eigenvalue weighted by molar-refractivity contribution is 5.56. The van der Waals surface area contributed by atoms with Crippen LogP contribution in [0, 0.1) is 22.7 Å². The van der Waals surface area contributed by atoms with Gasteiger partial charge in [-0.15, -0.1) is 0 Å². The van der Waals surface area contributed by atoms with E-state index >= 15 is 0 Å². The number of aromatic nitrogens is 1. The fourth-order valence-corrected chi connectivity index (χ4v) is 2.96. The molecule has 0 N–H and O–H groups in total. The van der Waals surface area contributed by atoms with Crippen molar-refractivity contribution in [3.8, 4) is 17.9 Å². The molecule has 1 aromatic carbocycles. The Morgan fingerprint density at radius 1 is 1.10 bits per heavy atom.